The normalized spacial score (nSPS) is 19.8. The maximum Gasteiger partial charge on any atom is 0.225 e. The SMILES string of the molecule is Cc1ccc(C(=O)CN2CCN(C(=O)C3CCCCC3)CC2)cc1C. The van der Waals surface area contributed by atoms with Crippen LogP contribution < -0.4 is 0 Å². The van der Waals surface area contributed by atoms with Crippen LogP contribution in [0.1, 0.15) is 53.6 Å². The van der Waals surface area contributed by atoms with E-state index >= 15 is 0 Å². The lowest BCUT2D eigenvalue weighted by Gasteiger charge is -2.36. The summed E-state index contributed by atoms with van der Waals surface area (Å²) in [6.45, 7) is 7.68. The molecule has 1 aromatic rings. The second-order valence-corrected chi connectivity index (χ2v) is 7.66. The van der Waals surface area contributed by atoms with Gasteiger partial charge in [-0.3, -0.25) is 14.5 Å². The lowest BCUT2D eigenvalue weighted by Crippen LogP contribution is -2.51. The van der Waals surface area contributed by atoms with Crippen LogP contribution in [0.2, 0.25) is 0 Å². The molecule has 1 amide bonds. The summed E-state index contributed by atoms with van der Waals surface area (Å²) in [5, 5.41) is 0. The van der Waals surface area contributed by atoms with Crippen LogP contribution in [-0.4, -0.2) is 54.2 Å². The molecule has 2 aliphatic rings. The number of aryl methyl sites for hydroxylation is 2. The second-order valence-electron chi connectivity index (χ2n) is 7.66. The molecule has 1 heterocycles. The first-order chi connectivity index (χ1) is 12.0. The van der Waals surface area contributed by atoms with Gasteiger partial charge in [-0.25, -0.2) is 0 Å². The van der Waals surface area contributed by atoms with Gasteiger partial charge in [-0.15, -0.1) is 0 Å². The van der Waals surface area contributed by atoms with Crippen molar-refractivity contribution in [1.29, 1.82) is 0 Å². The molecule has 1 saturated heterocycles. The maximum atomic E-state index is 12.6. The van der Waals surface area contributed by atoms with Crippen molar-refractivity contribution in [2.45, 2.75) is 46.0 Å². The van der Waals surface area contributed by atoms with E-state index in [1.165, 1.54) is 24.8 Å². The molecule has 0 bridgehead atoms. The Bertz CT molecular complexity index is 627. The van der Waals surface area contributed by atoms with Crippen LogP contribution in [0.3, 0.4) is 0 Å². The van der Waals surface area contributed by atoms with Crippen LogP contribution in [0.5, 0.6) is 0 Å². The lowest BCUT2D eigenvalue weighted by atomic mass is 9.88. The van der Waals surface area contributed by atoms with Gasteiger partial charge in [0.2, 0.25) is 5.91 Å². The summed E-state index contributed by atoms with van der Waals surface area (Å²) in [5.74, 6) is 0.771. The smallest absolute Gasteiger partial charge is 0.225 e. The minimum absolute atomic E-state index is 0.176. The molecule has 4 nitrogen and oxygen atoms in total. The number of benzene rings is 1. The number of nitrogens with zero attached hydrogens (tertiary/aromatic N) is 2. The zero-order valence-corrected chi connectivity index (χ0v) is 15.6. The molecule has 1 aliphatic carbocycles. The number of hydrogen-bond acceptors (Lipinski definition) is 3. The van der Waals surface area contributed by atoms with E-state index in [0.717, 1.165) is 50.1 Å². The molecular weight excluding hydrogens is 312 g/mol. The van der Waals surface area contributed by atoms with Gasteiger partial charge in [0.15, 0.2) is 5.78 Å². The topological polar surface area (TPSA) is 40.6 Å². The molecule has 1 saturated carbocycles. The molecule has 3 rings (SSSR count). The molecule has 0 aromatic heterocycles. The molecule has 25 heavy (non-hydrogen) atoms. The molecular formula is C21H30N2O2. The number of ketones is 1. The molecule has 0 N–H and O–H groups in total. The number of rotatable bonds is 4. The van der Waals surface area contributed by atoms with Crippen molar-refractivity contribution in [2.24, 2.45) is 5.92 Å². The van der Waals surface area contributed by atoms with E-state index in [2.05, 4.69) is 11.8 Å². The third kappa shape index (κ3) is 4.49. The van der Waals surface area contributed by atoms with E-state index in [4.69, 9.17) is 0 Å². The summed E-state index contributed by atoms with van der Waals surface area (Å²) < 4.78 is 0. The van der Waals surface area contributed by atoms with Gasteiger partial charge >= 0.3 is 0 Å². The monoisotopic (exact) mass is 342 g/mol. The van der Waals surface area contributed by atoms with Crippen molar-refractivity contribution in [3.05, 3.63) is 34.9 Å². The van der Waals surface area contributed by atoms with Crippen molar-refractivity contribution >= 4 is 11.7 Å². The van der Waals surface area contributed by atoms with E-state index in [1.807, 2.05) is 30.0 Å². The van der Waals surface area contributed by atoms with E-state index in [0.29, 0.717) is 12.5 Å². The first kappa shape index (κ1) is 18.1. The fourth-order valence-corrected chi connectivity index (χ4v) is 3.94. The Balaban J connectivity index is 1.49. The molecule has 136 valence electrons. The Morgan fingerprint density at radius 3 is 2.28 bits per heavy atom. The fraction of sp³-hybridized carbons (Fsp3) is 0.619. The van der Waals surface area contributed by atoms with Crippen molar-refractivity contribution in [3.8, 4) is 0 Å². The highest BCUT2D eigenvalue weighted by Gasteiger charge is 2.28. The maximum absolute atomic E-state index is 12.6. The quantitative estimate of drug-likeness (QED) is 0.789. The predicted molar refractivity (Wildman–Crippen MR) is 99.8 cm³/mol. The van der Waals surface area contributed by atoms with E-state index in [9.17, 15) is 9.59 Å². The number of piperazine rings is 1. The predicted octanol–water partition coefficient (Wildman–Crippen LogP) is 3.21. The number of amides is 1. The Labute approximate surface area is 151 Å². The molecule has 1 aliphatic heterocycles. The van der Waals surface area contributed by atoms with Crippen LogP contribution in [0.4, 0.5) is 0 Å². The summed E-state index contributed by atoms with van der Waals surface area (Å²) in [4.78, 5) is 29.3. The number of carbonyl (C=O) groups is 2. The second kappa shape index (κ2) is 8.13. The number of carbonyl (C=O) groups excluding carboxylic acids is 2. The molecule has 0 radical (unpaired) electrons. The minimum Gasteiger partial charge on any atom is -0.340 e. The highest BCUT2D eigenvalue weighted by molar-refractivity contribution is 5.97. The standard InChI is InChI=1S/C21H30N2O2/c1-16-8-9-19(14-17(16)2)20(24)15-22-10-12-23(13-11-22)21(25)18-6-4-3-5-7-18/h8-9,14,18H,3-7,10-13,15H2,1-2H3. The largest absolute Gasteiger partial charge is 0.340 e. The van der Waals surface area contributed by atoms with Gasteiger partial charge < -0.3 is 4.90 Å². The Kier molecular flexibility index (Phi) is 5.89. The summed E-state index contributed by atoms with van der Waals surface area (Å²) in [6, 6.07) is 5.93. The fourth-order valence-electron chi connectivity index (χ4n) is 3.94. The van der Waals surface area contributed by atoms with Gasteiger partial charge in [-0.05, 0) is 43.9 Å². The van der Waals surface area contributed by atoms with Gasteiger partial charge in [0.1, 0.15) is 0 Å². The molecule has 0 atom stereocenters. The molecule has 2 fully saturated rings. The lowest BCUT2D eigenvalue weighted by molar-refractivity contribution is -0.138. The average Bonchev–Trinajstić information content (AvgIpc) is 2.64. The van der Waals surface area contributed by atoms with E-state index in [-0.39, 0.29) is 11.7 Å². The van der Waals surface area contributed by atoms with Crippen LogP contribution in [-0.2, 0) is 4.79 Å². The molecule has 4 heteroatoms. The summed E-state index contributed by atoms with van der Waals surface area (Å²) in [6.07, 6.45) is 5.79. The van der Waals surface area contributed by atoms with Crippen molar-refractivity contribution in [1.82, 2.24) is 9.80 Å². The third-order valence-corrected chi connectivity index (χ3v) is 5.83. The van der Waals surface area contributed by atoms with E-state index < -0.39 is 0 Å². The van der Waals surface area contributed by atoms with Gasteiger partial charge in [0.05, 0.1) is 6.54 Å². The van der Waals surface area contributed by atoms with Gasteiger partial charge in [-0.1, -0.05) is 31.4 Å². The average molecular weight is 342 g/mol. The van der Waals surface area contributed by atoms with Crippen LogP contribution in [0.25, 0.3) is 0 Å². The zero-order valence-electron chi connectivity index (χ0n) is 15.6. The summed E-state index contributed by atoms with van der Waals surface area (Å²) >= 11 is 0. The van der Waals surface area contributed by atoms with Crippen LogP contribution in [0, 0.1) is 19.8 Å². The molecule has 0 spiro atoms. The summed E-state index contributed by atoms with van der Waals surface area (Å²) in [5.41, 5.74) is 3.17. The highest BCUT2D eigenvalue weighted by atomic mass is 16.2. The summed E-state index contributed by atoms with van der Waals surface area (Å²) in [7, 11) is 0. The van der Waals surface area contributed by atoms with Gasteiger partial charge in [0, 0.05) is 37.7 Å². The van der Waals surface area contributed by atoms with Gasteiger partial charge in [0.25, 0.3) is 0 Å². The molecule has 0 unspecified atom stereocenters. The Morgan fingerprint density at radius 2 is 1.64 bits per heavy atom. The van der Waals surface area contributed by atoms with Crippen LogP contribution >= 0.6 is 0 Å². The Morgan fingerprint density at radius 1 is 0.960 bits per heavy atom. The first-order valence-corrected chi connectivity index (χ1v) is 9.66. The Hall–Kier alpha value is -1.68. The third-order valence-electron chi connectivity index (χ3n) is 5.83. The zero-order chi connectivity index (χ0) is 17.8. The molecule has 1 aromatic carbocycles. The number of Topliss-reactive ketones (excluding diaryl/α,β-unsaturated/α-hetero) is 1. The minimum atomic E-state index is 0.176. The van der Waals surface area contributed by atoms with Crippen LogP contribution in [0.15, 0.2) is 18.2 Å². The van der Waals surface area contributed by atoms with E-state index in [1.54, 1.807) is 0 Å². The van der Waals surface area contributed by atoms with Crippen molar-refractivity contribution in [2.75, 3.05) is 32.7 Å². The number of hydrogen-bond donors (Lipinski definition) is 0. The van der Waals surface area contributed by atoms with Gasteiger partial charge in [-0.2, -0.15) is 0 Å². The van der Waals surface area contributed by atoms with Crippen molar-refractivity contribution in [3.63, 3.8) is 0 Å². The highest BCUT2D eigenvalue weighted by Crippen LogP contribution is 2.25. The first-order valence-electron chi connectivity index (χ1n) is 9.66. The van der Waals surface area contributed by atoms with Crippen molar-refractivity contribution < 1.29 is 9.59 Å².